The number of carboxylic acids is 1. The molecule has 0 aliphatic carbocycles. The van der Waals surface area contributed by atoms with Gasteiger partial charge in [-0.1, -0.05) is 0 Å². The molecule has 0 bridgehead atoms. The molecule has 0 heterocycles. The molecule has 0 spiro atoms. The van der Waals surface area contributed by atoms with Crippen molar-refractivity contribution in [2.45, 2.75) is 17.9 Å². The second kappa shape index (κ2) is 5.18. The predicted octanol–water partition coefficient (Wildman–Crippen LogP) is 0.293. The first kappa shape index (κ1) is 14.2. The zero-order valence-electron chi connectivity index (χ0n) is 9.88. The van der Waals surface area contributed by atoms with Crippen molar-refractivity contribution in [1.29, 1.82) is 0 Å². The van der Waals surface area contributed by atoms with Gasteiger partial charge >= 0.3 is 5.97 Å². The molecule has 18 heavy (non-hydrogen) atoms. The summed E-state index contributed by atoms with van der Waals surface area (Å²) in [5.74, 6) is -1.71. The third-order valence-electron chi connectivity index (χ3n) is 2.26. The van der Waals surface area contributed by atoms with Crippen LogP contribution in [0.4, 0.5) is 0 Å². The van der Waals surface area contributed by atoms with Crippen molar-refractivity contribution in [2.24, 2.45) is 0 Å². The van der Waals surface area contributed by atoms with Crippen LogP contribution in [0, 0.1) is 0 Å². The number of carboxylic acid groups (broad SMARTS) is 1. The van der Waals surface area contributed by atoms with E-state index in [1.807, 2.05) is 0 Å². The molecule has 0 radical (unpaired) electrons. The standard InChI is InChI=1S/C11H13NO5S/c1-7(11(14)15)12-10(13)8-3-5-9(6-4-8)18(2,16)17/h3-7H,1-2H3,(H,12,13)(H,14,15)/t7-/m1/s1. The van der Waals surface area contributed by atoms with Gasteiger partial charge in [0.2, 0.25) is 0 Å². The van der Waals surface area contributed by atoms with Crippen LogP contribution >= 0.6 is 0 Å². The summed E-state index contributed by atoms with van der Waals surface area (Å²) in [6.07, 6.45) is 1.06. The van der Waals surface area contributed by atoms with Crippen LogP contribution in [0.1, 0.15) is 17.3 Å². The Balaban J connectivity index is 2.86. The predicted molar refractivity (Wildman–Crippen MR) is 64.1 cm³/mol. The molecule has 7 heteroatoms. The highest BCUT2D eigenvalue weighted by molar-refractivity contribution is 7.90. The Bertz CT molecular complexity index is 562. The molecule has 1 aromatic carbocycles. The molecule has 98 valence electrons. The summed E-state index contributed by atoms with van der Waals surface area (Å²) in [5, 5.41) is 10.9. The smallest absolute Gasteiger partial charge is 0.325 e. The van der Waals surface area contributed by atoms with E-state index in [1.165, 1.54) is 31.2 Å². The average Bonchev–Trinajstić information content (AvgIpc) is 2.27. The van der Waals surface area contributed by atoms with E-state index >= 15 is 0 Å². The van der Waals surface area contributed by atoms with Crippen LogP contribution in [0.15, 0.2) is 29.2 Å². The van der Waals surface area contributed by atoms with E-state index < -0.39 is 27.8 Å². The van der Waals surface area contributed by atoms with Crippen LogP contribution in [0.25, 0.3) is 0 Å². The molecule has 0 aromatic heterocycles. The Labute approximate surface area is 105 Å². The van der Waals surface area contributed by atoms with Gasteiger partial charge in [0.1, 0.15) is 6.04 Å². The van der Waals surface area contributed by atoms with Crippen molar-refractivity contribution in [3.8, 4) is 0 Å². The fraction of sp³-hybridized carbons (Fsp3) is 0.273. The van der Waals surface area contributed by atoms with E-state index in [4.69, 9.17) is 5.11 Å². The molecule has 0 saturated heterocycles. The number of hydrogen-bond donors (Lipinski definition) is 2. The normalized spacial score (nSPS) is 12.8. The van der Waals surface area contributed by atoms with Crippen LogP contribution in [0.5, 0.6) is 0 Å². The Morgan fingerprint density at radius 1 is 1.22 bits per heavy atom. The number of sulfone groups is 1. The average molecular weight is 271 g/mol. The van der Waals surface area contributed by atoms with Gasteiger partial charge in [-0.25, -0.2) is 8.42 Å². The minimum absolute atomic E-state index is 0.102. The van der Waals surface area contributed by atoms with E-state index in [1.54, 1.807) is 0 Å². The number of carbonyl (C=O) groups excluding carboxylic acids is 1. The van der Waals surface area contributed by atoms with Gasteiger partial charge in [-0.15, -0.1) is 0 Å². The number of aliphatic carboxylic acids is 1. The molecular formula is C11H13NO5S. The SMILES string of the molecule is C[C@@H](NC(=O)c1ccc(S(C)(=O)=O)cc1)C(=O)O. The first-order valence-corrected chi connectivity index (χ1v) is 6.95. The van der Waals surface area contributed by atoms with E-state index in [0.29, 0.717) is 0 Å². The molecule has 1 atom stereocenters. The van der Waals surface area contributed by atoms with Gasteiger partial charge in [0, 0.05) is 11.8 Å². The molecular weight excluding hydrogens is 258 g/mol. The Hall–Kier alpha value is -1.89. The lowest BCUT2D eigenvalue weighted by molar-refractivity contribution is -0.138. The molecule has 1 amide bonds. The quantitative estimate of drug-likeness (QED) is 0.820. The minimum atomic E-state index is -3.31. The lowest BCUT2D eigenvalue weighted by atomic mass is 10.2. The maximum absolute atomic E-state index is 11.6. The van der Waals surface area contributed by atoms with Gasteiger partial charge in [0.05, 0.1) is 4.90 Å². The Kier molecular flexibility index (Phi) is 4.07. The first-order chi connectivity index (χ1) is 8.21. The van der Waals surface area contributed by atoms with Gasteiger partial charge < -0.3 is 10.4 Å². The number of hydrogen-bond acceptors (Lipinski definition) is 4. The maximum Gasteiger partial charge on any atom is 0.325 e. The first-order valence-electron chi connectivity index (χ1n) is 5.05. The summed E-state index contributed by atoms with van der Waals surface area (Å²) in [7, 11) is -3.31. The molecule has 0 saturated carbocycles. The highest BCUT2D eigenvalue weighted by Gasteiger charge is 2.15. The fourth-order valence-electron chi connectivity index (χ4n) is 1.20. The Morgan fingerprint density at radius 2 is 1.72 bits per heavy atom. The molecule has 2 N–H and O–H groups in total. The molecule has 0 fully saturated rings. The maximum atomic E-state index is 11.6. The van der Waals surface area contributed by atoms with Gasteiger partial charge in [0.25, 0.3) is 5.91 Å². The van der Waals surface area contributed by atoms with E-state index in [2.05, 4.69) is 5.32 Å². The third-order valence-corrected chi connectivity index (χ3v) is 3.39. The number of amides is 1. The monoisotopic (exact) mass is 271 g/mol. The summed E-state index contributed by atoms with van der Waals surface area (Å²) in [5.41, 5.74) is 0.204. The summed E-state index contributed by atoms with van der Waals surface area (Å²) in [6.45, 7) is 1.34. The summed E-state index contributed by atoms with van der Waals surface area (Å²) < 4.78 is 22.4. The zero-order valence-corrected chi connectivity index (χ0v) is 10.7. The summed E-state index contributed by atoms with van der Waals surface area (Å²) in [6, 6.07) is 4.26. The van der Waals surface area contributed by atoms with Crippen LogP contribution in [-0.2, 0) is 14.6 Å². The lowest BCUT2D eigenvalue weighted by Crippen LogP contribution is -2.38. The van der Waals surface area contributed by atoms with Gasteiger partial charge in [-0.3, -0.25) is 9.59 Å². The van der Waals surface area contributed by atoms with Crippen molar-refractivity contribution in [3.05, 3.63) is 29.8 Å². The fourth-order valence-corrected chi connectivity index (χ4v) is 1.83. The van der Waals surface area contributed by atoms with Crippen LogP contribution in [0.3, 0.4) is 0 Å². The number of nitrogens with one attached hydrogen (secondary N) is 1. The largest absolute Gasteiger partial charge is 0.480 e. The molecule has 1 rings (SSSR count). The zero-order chi connectivity index (χ0) is 13.9. The lowest BCUT2D eigenvalue weighted by Gasteiger charge is -2.09. The third kappa shape index (κ3) is 3.56. The van der Waals surface area contributed by atoms with Crippen molar-refractivity contribution in [1.82, 2.24) is 5.32 Å². The molecule has 0 unspecified atom stereocenters. The number of benzene rings is 1. The highest BCUT2D eigenvalue weighted by atomic mass is 32.2. The number of rotatable bonds is 4. The van der Waals surface area contributed by atoms with Gasteiger partial charge in [-0.2, -0.15) is 0 Å². The van der Waals surface area contributed by atoms with Gasteiger partial charge in [-0.05, 0) is 31.2 Å². The molecule has 0 aliphatic rings. The molecule has 0 aliphatic heterocycles. The van der Waals surface area contributed by atoms with Gasteiger partial charge in [0.15, 0.2) is 9.84 Å². The molecule has 1 aromatic rings. The van der Waals surface area contributed by atoms with E-state index in [9.17, 15) is 18.0 Å². The van der Waals surface area contributed by atoms with Crippen molar-refractivity contribution in [3.63, 3.8) is 0 Å². The topological polar surface area (TPSA) is 101 Å². The van der Waals surface area contributed by atoms with E-state index in [0.717, 1.165) is 6.26 Å². The van der Waals surface area contributed by atoms with E-state index in [-0.39, 0.29) is 10.5 Å². The highest BCUT2D eigenvalue weighted by Crippen LogP contribution is 2.10. The van der Waals surface area contributed by atoms with Crippen LogP contribution in [0.2, 0.25) is 0 Å². The number of carbonyl (C=O) groups is 2. The minimum Gasteiger partial charge on any atom is -0.480 e. The van der Waals surface area contributed by atoms with Crippen molar-refractivity contribution < 1.29 is 23.1 Å². The second-order valence-electron chi connectivity index (χ2n) is 3.83. The second-order valence-corrected chi connectivity index (χ2v) is 5.85. The summed E-state index contributed by atoms with van der Waals surface area (Å²) in [4.78, 5) is 22.3. The Morgan fingerprint density at radius 3 is 2.11 bits per heavy atom. The van der Waals surface area contributed by atoms with Crippen molar-refractivity contribution >= 4 is 21.7 Å². The van der Waals surface area contributed by atoms with Crippen LogP contribution < -0.4 is 5.32 Å². The van der Waals surface area contributed by atoms with Crippen molar-refractivity contribution in [2.75, 3.05) is 6.26 Å². The summed E-state index contributed by atoms with van der Waals surface area (Å²) >= 11 is 0. The molecule has 6 nitrogen and oxygen atoms in total. The van der Waals surface area contributed by atoms with Crippen LogP contribution in [-0.4, -0.2) is 37.7 Å².